The van der Waals surface area contributed by atoms with Gasteiger partial charge in [-0.05, 0) is 81.8 Å². The van der Waals surface area contributed by atoms with Crippen LogP contribution in [-0.2, 0) is 24.3 Å². The van der Waals surface area contributed by atoms with Gasteiger partial charge in [-0.1, -0.05) is 35.9 Å². The summed E-state index contributed by atoms with van der Waals surface area (Å²) in [5.41, 5.74) is 3.71. The summed E-state index contributed by atoms with van der Waals surface area (Å²) in [6.45, 7) is 6.51. The van der Waals surface area contributed by atoms with Gasteiger partial charge in [0.05, 0.1) is 16.8 Å². The number of carbonyl (C=O) groups is 2. The average molecular weight is 538 g/mol. The molecule has 0 bridgehead atoms. The van der Waals surface area contributed by atoms with Crippen LogP contribution in [-0.4, -0.2) is 45.3 Å². The summed E-state index contributed by atoms with van der Waals surface area (Å²) >= 11 is 0. The Labute approximate surface area is 223 Å². The molecule has 1 N–H and O–H groups in total. The zero-order valence-electron chi connectivity index (χ0n) is 21.7. The van der Waals surface area contributed by atoms with Crippen LogP contribution < -0.4 is 14.5 Å². The van der Waals surface area contributed by atoms with Gasteiger partial charge in [0, 0.05) is 0 Å². The maximum atomic E-state index is 13.3. The summed E-state index contributed by atoms with van der Waals surface area (Å²) in [5, 5.41) is 3.94. The average Bonchev–Trinajstić information content (AvgIpc) is 2.86. The van der Waals surface area contributed by atoms with Crippen molar-refractivity contribution in [2.75, 3.05) is 17.5 Å². The van der Waals surface area contributed by atoms with E-state index in [4.69, 9.17) is 9.47 Å². The monoisotopic (exact) mass is 537 g/mol. The van der Waals surface area contributed by atoms with Crippen molar-refractivity contribution in [3.05, 3.63) is 90.0 Å². The second kappa shape index (κ2) is 12.4. The fourth-order valence-electron chi connectivity index (χ4n) is 3.25. The summed E-state index contributed by atoms with van der Waals surface area (Å²) in [6, 6.07) is 21.5. The molecule has 0 heterocycles. The number of nitrogens with one attached hydrogen (secondary N) is 1. The van der Waals surface area contributed by atoms with Crippen LogP contribution in [0.3, 0.4) is 0 Å². The summed E-state index contributed by atoms with van der Waals surface area (Å²) in [6.07, 6.45) is 1.41. The molecule has 0 fully saturated rings. The van der Waals surface area contributed by atoms with Crippen LogP contribution in [0.25, 0.3) is 0 Å². The zero-order valence-corrected chi connectivity index (χ0v) is 22.6. The lowest BCUT2D eigenvalue weighted by atomic mass is 10.2. The molecule has 3 rings (SSSR count). The SMILES string of the molecule is Cc1ccc(S(=O)(=O)N(CC(=O)N/N=C\c2ccc(OCC(=O)OC(C)(C)C)cc2)c2ccccc2)cc1. The van der Waals surface area contributed by atoms with Crippen molar-refractivity contribution in [2.45, 2.75) is 38.2 Å². The second-order valence-corrected chi connectivity index (χ2v) is 11.3. The number of hydrogen-bond acceptors (Lipinski definition) is 7. The van der Waals surface area contributed by atoms with E-state index in [1.54, 1.807) is 87.5 Å². The Bertz CT molecular complexity index is 1360. The van der Waals surface area contributed by atoms with E-state index >= 15 is 0 Å². The Hall–Kier alpha value is -4.18. The molecular weight excluding hydrogens is 506 g/mol. The quantitative estimate of drug-likeness (QED) is 0.237. The summed E-state index contributed by atoms with van der Waals surface area (Å²) in [4.78, 5) is 24.5. The van der Waals surface area contributed by atoms with E-state index in [1.165, 1.54) is 18.3 Å². The van der Waals surface area contributed by atoms with Crippen molar-refractivity contribution < 1.29 is 27.5 Å². The minimum atomic E-state index is -4.00. The molecular formula is C28H31N3O6S. The van der Waals surface area contributed by atoms with Crippen molar-refractivity contribution in [3.63, 3.8) is 0 Å². The van der Waals surface area contributed by atoms with Gasteiger partial charge in [-0.3, -0.25) is 9.10 Å². The van der Waals surface area contributed by atoms with E-state index < -0.39 is 34.0 Å². The van der Waals surface area contributed by atoms with Gasteiger partial charge in [0.25, 0.3) is 15.9 Å². The number of amides is 1. The Morgan fingerprint density at radius 3 is 2.18 bits per heavy atom. The number of sulfonamides is 1. The lowest BCUT2D eigenvalue weighted by Crippen LogP contribution is -2.39. The van der Waals surface area contributed by atoms with Crippen LogP contribution >= 0.6 is 0 Å². The molecule has 0 saturated carbocycles. The van der Waals surface area contributed by atoms with E-state index in [0.29, 0.717) is 17.0 Å². The standard InChI is InChI=1S/C28H31N3O6S/c1-21-10-16-25(17-11-21)38(34,35)31(23-8-6-5-7-9-23)19-26(32)30-29-18-22-12-14-24(15-13-22)36-20-27(33)37-28(2,3)4/h5-18H,19-20H2,1-4H3,(H,30,32)/b29-18-. The Morgan fingerprint density at radius 1 is 0.947 bits per heavy atom. The minimum absolute atomic E-state index is 0.0808. The molecule has 0 aromatic heterocycles. The Balaban J connectivity index is 1.62. The van der Waals surface area contributed by atoms with Crippen molar-refractivity contribution >= 4 is 33.8 Å². The fourth-order valence-corrected chi connectivity index (χ4v) is 4.68. The highest BCUT2D eigenvalue weighted by Gasteiger charge is 2.27. The van der Waals surface area contributed by atoms with Gasteiger partial charge in [0.1, 0.15) is 17.9 Å². The number of para-hydroxylation sites is 1. The number of anilines is 1. The first-order chi connectivity index (χ1) is 17.9. The van der Waals surface area contributed by atoms with E-state index in [1.807, 2.05) is 6.92 Å². The number of rotatable bonds is 10. The highest BCUT2D eigenvalue weighted by Crippen LogP contribution is 2.23. The molecule has 0 atom stereocenters. The third-order valence-electron chi connectivity index (χ3n) is 5.00. The molecule has 0 aliphatic rings. The lowest BCUT2D eigenvalue weighted by molar-refractivity contribution is -0.157. The second-order valence-electron chi connectivity index (χ2n) is 9.40. The van der Waals surface area contributed by atoms with Gasteiger partial charge < -0.3 is 9.47 Å². The molecule has 0 aliphatic carbocycles. The first-order valence-electron chi connectivity index (χ1n) is 11.9. The highest BCUT2D eigenvalue weighted by atomic mass is 32.2. The smallest absolute Gasteiger partial charge is 0.344 e. The van der Waals surface area contributed by atoms with Crippen LogP contribution in [0.2, 0.25) is 0 Å². The molecule has 0 unspecified atom stereocenters. The number of esters is 1. The predicted octanol–water partition coefficient (Wildman–Crippen LogP) is 4.06. The van der Waals surface area contributed by atoms with Crippen LogP contribution in [0.5, 0.6) is 5.75 Å². The van der Waals surface area contributed by atoms with Crippen LogP contribution in [0.1, 0.15) is 31.9 Å². The van der Waals surface area contributed by atoms with E-state index in [-0.39, 0.29) is 11.5 Å². The number of nitrogens with zero attached hydrogens (tertiary/aromatic N) is 2. The number of hydrogen-bond donors (Lipinski definition) is 1. The van der Waals surface area contributed by atoms with Crippen LogP contribution in [0, 0.1) is 6.92 Å². The first-order valence-corrected chi connectivity index (χ1v) is 13.3. The normalized spacial score (nSPS) is 11.7. The maximum absolute atomic E-state index is 13.3. The molecule has 200 valence electrons. The molecule has 3 aromatic carbocycles. The fraction of sp³-hybridized carbons (Fsp3) is 0.250. The number of hydrazone groups is 1. The number of carbonyl (C=O) groups excluding carboxylic acids is 2. The summed E-state index contributed by atoms with van der Waals surface area (Å²) in [7, 11) is -4.00. The molecule has 0 radical (unpaired) electrons. The highest BCUT2D eigenvalue weighted by molar-refractivity contribution is 7.92. The van der Waals surface area contributed by atoms with E-state index in [9.17, 15) is 18.0 Å². The Kier molecular flexibility index (Phi) is 9.25. The third kappa shape index (κ3) is 8.45. The summed E-state index contributed by atoms with van der Waals surface area (Å²) < 4.78 is 38.3. The van der Waals surface area contributed by atoms with Gasteiger partial charge in [-0.2, -0.15) is 5.10 Å². The number of aryl methyl sites for hydroxylation is 1. The van der Waals surface area contributed by atoms with Crippen molar-refractivity contribution in [1.82, 2.24) is 5.43 Å². The van der Waals surface area contributed by atoms with Gasteiger partial charge >= 0.3 is 5.97 Å². The zero-order chi connectivity index (χ0) is 27.8. The van der Waals surface area contributed by atoms with E-state index in [2.05, 4.69) is 10.5 Å². The van der Waals surface area contributed by atoms with Crippen molar-refractivity contribution in [1.29, 1.82) is 0 Å². The van der Waals surface area contributed by atoms with Crippen molar-refractivity contribution in [3.8, 4) is 5.75 Å². The number of benzene rings is 3. The third-order valence-corrected chi connectivity index (χ3v) is 6.79. The van der Waals surface area contributed by atoms with Crippen molar-refractivity contribution in [2.24, 2.45) is 5.10 Å². The molecule has 38 heavy (non-hydrogen) atoms. The number of ether oxygens (including phenoxy) is 2. The van der Waals surface area contributed by atoms with E-state index in [0.717, 1.165) is 9.87 Å². The minimum Gasteiger partial charge on any atom is -0.482 e. The molecule has 0 aliphatic heterocycles. The van der Waals surface area contributed by atoms with Gasteiger partial charge in [0.15, 0.2) is 6.61 Å². The predicted molar refractivity (Wildman–Crippen MR) is 146 cm³/mol. The lowest BCUT2D eigenvalue weighted by Gasteiger charge is -2.23. The molecule has 1 amide bonds. The molecule has 10 heteroatoms. The topological polar surface area (TPSA) is 114 Å². The maximum Gasteiger partial charge on any atom is 0.344 e. The Morgan fingerprint density at radius 2 is 1.58 bits per heavy atom. The largest absolute Gasteiger partial charge is 0.482 e. The van der Waals surface area contributed by atoms with Gasteiger partial charge in [-0.15, -0.1) is 0 Å². The molecule has 9 nitrogen and oxygen atoms in total. The molecule has 0 spiro atoms. The van der Waals surface area contributed by atoms with Gasteiger partial charge in [0.2, 0.25) is 0 Å². The summed E-state index contributed by atoms with van der Waals surface area (Å²) in [5.74, 6) is -0.616. The molecule has 0 saturated heterocycles. The van der Waals surface area contributed by atoms with Crippen LogP contribution in [0.15, 0.2) is 88.9 Å². The van der Waals surface area contributed by atoms with Gasteiger partial charge in [-0.25, -0.2) is 18.6 Å². The first kappa shape index (κ1) is 28.4. The molecule has 3 aromatic rings. The van der Waals surface area contributed by atoms with Crippen LogP contribution in [0.4, 0.5) is 5.69 Å².